The standard InChI is InChI=1S/C14H20BrNO3/c15-12-2-3-14-11(8-12)9-13(19-14)10-16-4-1-6-18-7-5-17/h2-3,8,13,16-17H,1,4-7,9-10H2. The highest BCUT2D eigenvalue weighted by Gasteiger charge is 2.22. The lowest BCUT2D eigenvalue weighted by atomic mass is 10.1. The van der Waals surface area contributed by atoms with Gasteiger partial charge in [-0.05, 0) is 36.7 Å². The van der Waals surface area contributed by atoms with Gasteiger partial charge in [0.1, 0.15) is 11.9 Å². The van der Waals surface area contributed by atoms with Crippen LogP contribution in [0.1, 0.15) is 12.0 Å². The van der Waals surface area contributed by atoms with E-state index in [9.17, 15) is 0 Å². The van der Waals surface area contributed by atoms with Crippen LogP contribution in [0.4, 0.5) is 0 Å². The highest BCUT2D eigenvalue weighted by molar-refractivity contribution is 9.10. The molecule has 1 heterocycles. The maximum atomic E-state index is 8.56. The van der Waals surface area contributed by atoms with E-state index in [1.807, 2.05) is 12.1 Å². The average Bonchev–Trinajstić information content (AvgIpc) is 2.79. The Balaban J connectivity index is 1.59. The fourth-order valence-electron chi connectivity index (χ4n) is 2.13. The molecule has 1 aromatic carbocycles. The molecule has 0 saturated heterocycles. The molecule has 2 N–H and O–H groups in total. The summed E-state index contributed by atoms with van der Waals surface area (Å²) in [5.41, 5.74) is 1.27. The second-order valence-corrected chi connectivity index (χ2v) is 5.51. The third-order valence-electron chi connectivity index (χ3n) is 3.01. The van der Waals surface area contributed by atoms with Crippen LogP contribution in [-0.2, 0) is 11.2 Å². The quantitative estimate of drug-likeness (QED) is 0.713. The SMILES string of the molecule is OCCOCCCNCC1Cc2cc(Br)ccc2O1. The highest BCUT2D eigenvalue weighted by Crippen LogP contribution is 2.30. The first kappa shape index (κ1) is 14.8. The maximum Gasteiger partial charge on any atom is 0.123 e. The molecule has 0 aromatic heterocycles. The normalized spacial score (nSPS) is 17.3. The van der Waals surface area contributed by atoms with Crippen molar-refractivity contribution in [1.29, 1.82) is 0 Å². The third-order valence-corrected chi connectivity index (χ3v) is 3.51. The lowest BCUT2D eigenvalue weighted by molar-refractivity contribution is 0.0903. The molecule has 5 heteroatoms. The number of aliphatic hydroxyl groups excluding tert-OH is 1. The summed E-state index contributed by atoms with van der Waals surface area (Å²) in [6.07, 6.45) is 2.14. The van der Waals surface area contributed by atoms with Gasteiger partial charge in [0.25, 0.3) is 0 Å². The number of halogens is 1. The molecule has 1 aliphatic heterocycles. The first-order chi connectivity index (χ1) is 9.29. The molecular formula is C14H20BrNO3. The van der Waals surface area contributed by atoms with Crippen LogP contribution in [0.2, 0.25) is 0 Å². The molecule has 0 aliphatic carbocycles. The molecule has 19 heavy (non-hydrogen) atoms. The number of benzene rings is 1. The number of rotatable bonds is 8. The predicted molar refractivity (Wildman–Crippen MR) is 77.7 cm³/mol. The van der Waals surface area contributed by atoms with Gasteiger partial charge in [-0.25, -0.2) is 0 Å². The topological polar surface area (TPSA) is 50.7 Å². The molecule has 0 bridgehead atoms. The van der Waals surface area contributed by atoms with E-state index in [1.54, 1.807) is 0 Å². The second kappa shape index (κ2) is 7.85. The van der Waals surface area contributed by atoms with Crippen molar-refractivity contribution >= 4 is 15.9 Å². The molecule has 106 valence electrons. The zero-order valence-corrected chi connectivity index (χ0v) is 12.5. The summed E-state index contributed by atoms with van der Waals surface area (Å²) in [6, 6.07) is 6.15. The zero-order chi connectivity index (χ0) is 13.5. The average molecular weight is 330 g/mol. The Bertz CT molecular complexity index is 400. The van der Waals surface area contributed by atoms with E-state index in [-0.39, 0.29) is 12.7 Å². The maximum absolute atomic E-state index is 8.56. The monoisotopic (exact) mass is 329 g/mol. The van der Waals surface area contributed by atoms with Gasteiger partial charge in [-0.15, -0.1) is 0 Å². The van der Waals surface area contributed by atoms with E-state index in [2.05, 4.69) is 27.3 Å². The molecule has 4 nitrogen and oxygen atoms in total. The summed E-state index contributed by atoms with van der Waals surface area (Å²) in [5.74, 6) is 1.00. The lowest BCUT2D eigenvalue weighted by Gasteiger charge is -2.11. The molecule has 2 rings (SSSR count). The van der Waals surface area contributed by atoms with Crippen LogP contribution < -0.4 is 10.1 Å². The number of aliphatic hydroxyl groups is 1. The summed E-state index contributed by atoms with van der Waals surface area (Å²) in [4.78, 5) is 0. The van der Waals surface area contributed by atoms with Crippen LogP contribution >= 0.6 is 15.9 Å². The molecule has 1 aromatic rings. The van der Waals surface area contributed by atoms with Gasteiger partial charge >= 0.3 is 0 Å². The largest absolute Gasteiger partial charge is 0.488 e. The van der Waals surface area contributed by atoms with Crippen molar-refractivity contribution in [3.05, 3.63) is 28.2 Å². The molecule has 0 fully saturated rings. The van der Waals surface area contributed by atoms with Crippen LogP contribution in [0.25, 0.3) is 0 Å². The molecular weight excluding hydrogens is 310 g/mol. The van der Waals surface area contributed by atoms with E-state index in [0.29, 0.717) is 13.2 Å². The summed E-state index contributed by atoms with van der Waals surface area (Å²) in [5, 5.41) is 11.9. The molecule has 1 atom stereocenters. The minimum Gasteiger partial charge on any atom is -0.488 e. The minimum atomic E-state index is 0.0944. The molecule has 0 spiro atoms. The van der Waals surface area contributed by atoms with E-state index in [1.165, 1.54) is 5.56 Å². The van der Waals surface area contributed by atoms with E-state index in [4.69, 9.17) is 14.6 Å². The van der Waals surface area contributed by atoms with Gasteiger partial charge in [0.2, 0.25) is 0 Å². The predicted octanol–water partition coefficient (Wildman–Crippen LogP) is 1.74. The number of ether oxygens (including phenoxy) is 2. The Morgan fingerprint density at radius 2 is 2.32 bits per heavy atom. The van der Waals surface area contributed by atoms with Gasteiger partial charge in [0, 0.05) is 24.0 Å². The van der Waals surface area contributed by atoms with Crippen LogP contribution in [0, 0.1) is 0 Å². The zero-order valence-electron chi connectivity index (χ0n) is 10.9. The van der Waals surface area contributed by atoms with Crippen molar-refractivity contribution < 1.29 is 14.6 Å². The fourth-order valence-corrected chi connectivity index (χ4v) is 2.54. The summed E-state index contributed by atoms with van der Waals surface area (Å²) in [6.45, 7) is 2.97. The van der Waals surface area contributed by atoms with Crippen molar-refractivity contribution in [3.8, 4) is 5.75 Å². The third kappa shape index (κ3) is 4.76. The number of hydrogen-bond acceptors (Lipinski definition) is 4. The Morgan fingerprint density at radius 3 is 3.16 bits per heavy atom. The Morgan fingerprint density at radius 1 is 1.42 bits per heavy atom. The molecule has 1 unspecified atom stereocenters. The van der Waals surface area contributed by atoms with Crippen molar-refractivity contribution in [2.75, 3.05) is 32.9 Å². The second-order valence-electron chi connectivity index (χ2n) is 4.59. The summed E-state index contributed by atoms with van der Waals surface area (Å²) >= 11 is 3.48. The number of hydrogen-bond donors (Lipinski definition) is 2. The smallest absolute Gasteiger partial charge is 0.123 e. The van der Waals surface area contributed by atoms with Gasteiger partial charge in [-0.2, -0.15) is 0 Å². The molecule has 1 aliphatic rings. The summed E-state index contributed by atoms with van der Waals surface area (Å²) < 4.78 is 12.2. The fraction of sp³-hybridized carbons (Fsp3) is 0.571. The van der Waals surface area contributed by atoms with Crippen LogP contribution in [0.15, 0.2) is 22.7 Å². The van der Waals surface area contributed by atoms with E-state index in [0.717, 1.165) is 36.2 Å². The number of fused-ring (bicyclic) bond motifs is 1. The minimum absolute atomic E-state index is 0.0944. The van der Waals surface area contributed by atoms with Gasteiger partial charge in [0.05, 0.1) is 13.2 Å². The first-order valence-corrected chi connectivity index (χ1v) is 7.43. The van der Waals surface area contributed by atoms with Crippen molar-refractivity contribution in [1.82, 2.24) is 5.32 Å². The Hall–Kier alpha value is -0.620. The Kier molecular flexibility index (Phi) is 6.10. The Labute approximate surface area is 122 Å². The van der Waals surface area contributed by atoms with Gasteiger partial charge in [0.15, 0.2) is 0 Å². The highest BCUT2D eigenvalue weighted by atomic mass is 79.9. The van der Waals surface area contributed by atoms with Crippen molar-refractivity contribution in [2.24, 2.45) is 0 Å². The van der Waals surface area contributed by atoms with Gasteiger partial charge in [-0.3, -0.25) is 0 Å². The summed E-state index contributed by atoms with van der Waals surface area (Å²) in [7, 11) is 0. The van der Waals surface area contributed by atoms with Crippen LogP contribution in [0.5, 0.6) is 5.75 Å². The van der Waals surface area contributed by atoms with Gasteiger partial charge < -0.3 is 19.9 Å². The van der Waals surface area contributed by atoms with Gasteiger partial charge in [-0.1, -0.05) is 15.9 Å². The first-order valence-electron chi connectivity index (χ1n) is 6.64. The van der Waals surface area contributed by atoms with Crippen LogP contribution in [0.3, 0.4) is 0 Å². The molecule has 0 amide bonds. The molecule has 0 radical (unpaired) electrons. The van der Waals surface area contributed by atoms with E-state index >= 15 is 0 Å². The van der Waals surface area contributed by atoms with Crippen molar-refractivity contribution in [2.45, 2.75) is 18.9 Å². The lowest BCUT2D eigenvalue weighted by Crippen LogP contribution is -2.31. The number of nitrogens with one attached hydrogen (secondary N) is 1. The van der Waals surface area contributed by atoms with Crippen LogP contribution in [-0.4, -0.2) is 44.1 Å². The molecule has 0 saturated carbocycles. The van der Waals surface area contributed by atoms with Crippen molar-refractivity contribution in [3.63, 3.8) is 0 Å². The van der Waals surface area contributed by atoms with E-state index < -0.39 is 0 Å².